The zero-order valence-corrected chi connectivity index (χ0v) is 6.70. The molecule has 0 radical (unpaired) electrons. The van der Waals surface area contributed by atoms with E-state index >= 15 is 0 Å². The van der Waals surface area contributed by atoms with E-state index in [1.807, 2.05) is 0 Å². The predicted octanol–water partition coefficient (Wildman–Crippen LogP) is 0.670. The van der Waals surface area contributed by atoms with Crippen LogP contribution in [0, 0.1) is 0 Å². The number of aliphatic hydroxyl groups is 2. The van der Waals surface area contributed by atoms with Gasteiger partial charge in [-0.2, -0.15) is 0 Å². The van der Waals surface area contributed by atoms with Crippen LogP contribution in [-0.4, -0.2) is 29.5 Å². The van der Waals surface area contributed by atoms with E-state index in [-0.39, 0.29) is 6.61 Å². The summed E-state index contributed by atoms with van der Waals surface area (Å²) in [6.45, 7) is 4.02. The van der Waals surface area contributed by atoms with Crippen molar-refractivity contribution in [1.82, 2.24) is 0 Å². The Hall–Kier alpha value is -0.540. The summed E-state index contributed by atoms with van der Waals surface area (Å²) in [5.74, 6) is 0. The van der Waals surface area contributed by atoms with E-state index in [1.165, 1.54) is 6.26 Å². The van der Waals surface area contributed by atoms with Gasteiger partial charge < -0.3 is 14.9 Å². The van der Waals surface area contributed by atoms with E-state index in [2.05, 4.69) is 6.58 Å². The van der Waals surface area contributed by atoms with Gasteiger partial charge in [-0.1, -0.05) is 6.58 Å². The molecule has 0 heterocycles. The number of hydrogen-bond acceptors (Lipinski definition) is 3. The Labute approximate surface area is 67.3 Å². The molecular formula is C8H16O3. The van der Waals surface area contributed by atoms with Gasteiger partial charge in [0.25, 0.3) is 0 Å². The molecule has 0 aliphatic heterocycles. The molecule has 2 N–H and O–H groups in total. The van der Waals surface area contributed by atoms with Crippen LogP contribution < -0.4 is 0 Å². The summed E-state index contributed by atoms with van der Waals surface area (Å²) in [5, 5.41) is 17.5. The molecule has 0 fully saturated rings. The third-order valence-corrected chi connectivity index (χ3v) is 1.38. The molecule has 0 spiro atoms. The Bertz CT molecular complexity index is 93.3. The van der Waals surface area contributed by atoms with Gasteiger partial charge in [0.2, 0.25) is 0 Å². The van der Waals surface area contributed by atoms with Crippen molar-refractivity contribution in [3.8, 4) is 0 Å². The summed E-state index contributed by atoms with van der Waals surface area (Å²) in [6.07, 6.45) is 2.92. The summed E-state index contributed by atoms with van der Waals surface area (Å²) in [7, 11) is 0. The average molecular weight is 160 g/mol. The summed E-state index contributed by atoms with van der Waals surface area (Å²) >= 11 is 0. The lowest BCUT2D eigenvalue weighted by atomic mass is 10.1. The Balaban J connectivity index is 3.03. The van der Waals surface area contributed by atoms with Crippen molar-refractivity contribution in [2.45, 2.75) is 25.4 Å². The molecule has 0 amide bonds. The minimum atomic E-state index is -0.395. The third-order valence-electron chi connectivity index (χ3n) is 1.38. The van der Waals surface area contributed by atoms with Crippen molar-refractivity contribution < 1.29 is 14.9 Å². The lowest BCUT2D eigenvalue weighted by Gasteiger charge is -2.07. The quantitative estimate of drug-likeness (QED) is 0.425. The van der Waals surface area contributed by atoms with Crippen LogP contribution in [0.4, 0.5) is 0 Å². The van der Waals surface area contributed by atoms with Crippen molar-refractivity contribution in [1.29, 1.82) is 0 Å². The van der Waals surface area contributed by atoms with Gasteiger partial charge in [0.1, 0.15) is 0 Å². The molecule has 0 aromatic carbocycles. The zero-order chi connectivity index (χ0) is 8.53. The standard InChI is InChI=1S/C8H16O3/c1-2-11-7-3-4-8(10)5-6-9/h2,8-10H,1,3-7H2. The summed E-state index contributed by atoms with van der Waals surface area (Å²) in [6, 6.07) is 0. The van der Waals surface area contributed by atoms with Crippen LogP contribution >= 0.6 is 0 Å². The molecule has 0 rings (SSSR count). The van der Waals surface area contributed by atoms with E-state index in [0.717, 1.165) is 6.42 Å². The molecule has 0 aromatic rings. The second kappa shape index (κ2) is 7.57. The first-order valence-electron chi connectivity index (χ1n) is 3.82. The minimum absolute atomic E-state index is 0.0451. The molecule has 11 heavy (non-hydrogen) atoms. The van der Waals surface area contributed by atoms with Crippen LogP contribution in [-0.2, 0) is 4.74 Å². The van der Waals surface area contributed by atoms with Crippen LogP contribution in [0.15, 0.2) is 12.8 Å². The summed E-state index contributed by atoms with van der Waals surface area (Å²) in [4.78, 5) is 0. The lowest BCUT2D eigenvalue weighted by Crippen LogP contribution is -2.09. The highest BCUT2D eigenvalue weighted by molar-refractivity contribution is 4.55. The molecule has 66 valence electrons. The normalized spacial score (nSPS) is 12.5. The fraction of sp³-hybridized carbons (Fsp3) is 0.750. The molecule has 1 unspecified atom stereocenters. The van der Waals surface area contributed by atoms with Gasteiger partial charge in [0, 0.05) is 6.61 Å². The number of aliphatic hydroxyl groups excluding tert-OH is 2. The topological polar surface area (TPSA) is 49.7 Å². The molecule has 3 nitrogen and oxygen atoms in total. The highest BCUT2D eigenvalue weighted by Crippen LogP contribution is 2.00. The number of hydrogen-bond donors (Lipinski definition) is 2. The molecule has 0 aliphatic rings. The van der Waals surface area contributed by atoms with Crippen LogP contribution in [0.2, 0.25) is 0 Å². The Morgan fingerprint density at radius 1 is 1.45 bits per heavy atom. The van der Waals surface area contributed by atoms with Crippen molar-refractivity contribution >= 4 is 0 Å². The zero-order valence-electron chi connectivity index (χ0n) is 6.70. The Morgan fingerprint density at radius 3 is 2.73 bits per heavy atom. The van der Waals surface area contributed by atoms with Crippen LogP contribution in [0.3, 0.4) is 0 Å². The highest BCUT2D eigenvalue weighted by atomic mass is 16.5. The van der Waals surface area contributed by atoms with Gasteiger partial charge >= 0.3 is 0 Å². The number of ether oxygens (including phenoxy) is 1. The van der Waals surface area contributed by atoms with Crippen LogP contribution in [0.1, 0.15) is 19.3 Å². The molecule has 0 saturated heterocycles. The monoisotopic (exact) mass is 160 g/mol. The smallest absolute Gasteiger partial charge is 0.0873 e. The molecule has 0 aromatic heterocycles. The second-order valence-corrected chi connectivity index (χ2v) is 2.35. The molecule has 0 aliphatic carbocycles. The van der Waals surface area contributed by atoms with Gasteiger partial charge in [-0.3, -0.25) is 0 Å². The third kappa shape index (κ3) is 7.36. The molecule has 0 saturated carbocycles. The minimum Gasteiger partial charge on any atom is -0.502 e. The Morgan fingerprint density at radius 2 is 2.18 bits per heavy atom. The fourth-order valence-corrected chi connectivity index (χ4v) is 0.779. The summed E-state index contributed by atoms with van der Waals surface area (Å²) in [5.41, 5.74) is 0. The van der Waals surface area contributed by atoms with E-state index < -0.39 is 6.10 Å². The highest BCUT2D eigenvalue weighted by Gasteiger charge is 2.01. The summed E-state index contributed by atoms with van der Waals surface area (Å²) < 4.78 is 4.85. The van der Waals surface area contributed by atoms with E-state index in [0.29, 0.717) is 19.4 Å². The van der Waals surface area contributed by atoms with Crippen LogP contribution in [0.25, 0.3) is 0 Å². The van der Waals surface area contributed by atoms with Crippen molar-refractivity contribution in [2.75, 3.05) is 13.2 Å². The van der Waals surface area contributed by atoms with Gasteiger partial charge in [-0.15, -0.1) is 0 Å². The molecule has 1 atom stereocenters. The largest absolute Gasteiger partial charge is 0.502 e. The first kappa shape index (κ1) is 10.5. The first-order valence-corrected chi connectivity index (χ1v) is 3.82. The maximum Gasteiger partial charge on any atom is 0.0873 e. The fourth-order valence-electron chi connectivity index (χ4n) is 0.779. The molecule has 3 heteroatoms. The Kier molecular flexibility index (Phi) is 7.19. The second-order valence-electron chi connectivity index (χ2n) is 2.35. The molecule has 0 bridgehead atoms. The van der Waals surface area contributed by atoms with Gasteiger partial charge in [-0.05, 0) is 19.3 Å². The van der Waals surface area contributed by atoms with E-state index in [9.17, 15) is 0 Å². The maximum absolute atomic E-state index is 9.11. The maximum atomic E-state index is 9.11. The van der Waals surface area contributed by atoms with Gasteiger partial charge in [0.05, 0.1) is 19.0 Å². The van der Waals surface area contributed by atoms with E-state index in [1.54, 1.807) is 0 Å². The average Bonchev–Trinajstić information content (AvgIpc) is 1.99. The van der Waals surface area contributed by atoms with Gasteiger partial charge in [-0.25, -0.2) is 0 Å². The molecular weight excluding hydrogens is 144 g/mol. The van der Waals surface area contributed by atoms with E-state index in [4.69, 9.17) is 14.9 Å². The van der Waals surface area contributed by atoms with Crippen molar-refractivity contribution in [3.63, 3.8) is 0 Å². The van der Waals surface area contributed by atoms with Gasteiger partial charge in [0.15, 0.2) is 0 Å². The first-order chi connectivity index (χ1) is 5.31. The number of rotatable bonds is 7. The lowest BCUT2D eigenvalue weighted by molar-refractivity contribution is 0.114. The van der Waals surface area contributed by atoms with Crippen LogP contribution in [0.5, 0.6) is 0 Å². The van der Waals surface area contributed by atoms with Crippen molar-refractivity contribution in [2.24, 2.45) is 0 Å². The SMILES string of the molecule is C=COCCCC(O)CCO. The predicted molar refractivity (Wildman–Crippen MR) is 43.1 cm³/mol. The van der Waals surface area contributed by atoms with Crippen molar-refractivity contribution in [3.05, 3.63) is 12.8 Å².